The lowest BCUT2D eigenvalue weighted by Gasteiger charge is -2.42. The molecule has 3 aromatic carbocycles. The number of aliphatic hydroxyl groups is 1. The second-order valence-corrected chi connectivity index (χ2v) is 22.3. The van der Waals surface area contributed by atoms with Gasteiger partial charge in [-0.05, 0) is 68.8 Å². The Bertz CT molecular complexity index is 3220. The van der Waals surface area contributed by atoms with Gasteiger partial charge in [0.1, 0.15) is 42.5 Å². The van der Waals surface area contributed by atoms with Crippen molar-refractivity contribution in [1.82, 2.24) is 40.1 Å². The molecule has 4 aliphatic rings. The number of fused-ring (bicyclic) bond motifs is 2. The number of piperazine rings is 1. The Morgan fingerprint density at radius 3 is 2.57 bits per heavy atom. The lowest BCUT2D eigenvalue weighted by molar-refractivity contribution is -0.141. The van der Waals surface area contributed by atoms with Crippen molar-refractivity contribution in [2.75, 3.05) is 75.9 Å². The highest BCUT2D eigenvalue weighted by Gasteiger charge is 2.43. The number of anilines is 2. The number of aryl methyl sites for hydroxylation is 2. The molecule has 19 nitrogen and oxygen atoms in total. The number of aromatic nitrogens is 4. The van der Waals surface area contributed by atoms with E-state index >= 15 is 0 Å². The van der Waals surface area contributed by atoms with Crippen LogP contribution >= 0.6 is 11.3 Å². The molecule has 0 radical (unpaired) electrons. The van der Waals surface area contributed by atoms with Crippen LogP contribution < -0.4 is 24.6 Å². The monoisotopic (exact) mass is 1090 g/mol. The van der Waals surface area contributed by atoms with Crippen LogP contribution in [-0.4, -0.2) is 154 Å². The molecule has 0 aliphatic carbocycles. The maximum Gasteiger partial charge on any atom is 0.318 e. The van der Waals surface area contributed by atoms with Gasteiger partial charge in [0.15, 0.2) is 0 Å². The fraction of sp³-hybridized carbons (Fsp3) is 0.458. The number of benzene rings is 3. The Labute approximate surface area is 464 Å². The molecule has 7 heterocycles. The highest BCUT2D eigenvalue weighted by Crippen LogP contribution is 2.37. The molecule has 3 fully saturated rings. The van der Waals surface area contributed by atoms with Gasteiger partial charge in [-0.2, -0.15) is 15.2 Å². The summed E-state index contributed by atoms with van der Waals surface area (Å²) in [5.41, 5.74) is 8.14. The largest absolute Gasteiger partial charge is 0.491 e. The summed E-state index contributed by atoms with van der Waals surface area (Å²) in [4.78, 5) is 66.5. The summed E-state index contributed by atoms with van der Waals surface area (Å²) >= 11 is 1.54. The lowest BCUT2D eigenvalue weighted by Crippen LogP contribution is -2.55. The summed E-state index contributed by atoms with van der Waals surface area (Å²) in [7, 11) is 2.06. The lowest BCUT2D eigenvalue weighted by atomic mass is 9.91. The molecule has 10 rings (SSSR count). The van der Waals surface area contributed by atoms with E-state index in [4.69, 9.17) is 28.7 Å². The fourth-order valence-corrected chi connectivity index (χ4v) is 12.4. The summed E-state index contributed by atoms with van der Waals surface area (Å²) in [6.07, 6.45) is 2.10. The number of likely N-dealkylation sites (tertiary alicyclic amines) is 2. The minimum atomic E-state index is -0.870. The van der Waals surface area contributed by atoms with Gasteiger partial charge in [0.05, 0.1) is 71.4 Å². The number of nitriles is 1. The zero-order valence-electron chi connectivity index (χ0n) is 45.5. The molecule has 4 aliphatic heterocycles. The molecule has 6 aromatic rings. The maximum absolute atomic E-state index is 14.0. The number of ether oxygens (including phenoxy) is 3. The zero-order valence-corrected chi connectivity index (χ0v) is 46.4. The number of hydrogen-bond acceptors (Lipinski definition) is 17. The Morgan fingerprint density at radius 1 is 0.962 bits per heavy atom. The maximum atomic E-state index is 14.0. The summed E-state index contributed by atoms with van der Waals surface area (Å²) in [5.74, 6) is 0.171. The first-order chi connectivity index (χ1) is 38.3. The zero-order chi connectivity index (χ0) is 55.3. The normalized spacial score (nSPS) is 20.8. The Kier molecular flexibility index (Phi) is 16.9. The summed E-state index contributed by atoms with van der Waals surface area (Å²) in [5, 5.41) is 29.9. The van der Waals surface area contributed by atoms with Crippen molar-refractivity contribution in [3.05, 3.63) is 119 Å². The molecule has 20 heteroatoms. The number of amides is 3. The average Bonchev–Trinajstić information content (AvgIpc) is 4.29. The number of carbonyl (C=O) groups is 3. The first-order valence-corrected chi connectivity index (χ1v) is 28.1. The third-order valence-corrected chi connectivity index (χ3v) is 16.7. The fourth-order valence-electron chi connectivity index (χ4n) is 11.6. The van der Waals surface area contributed by atoms with Crippen molar-refractivity contribution in [3.63, 3.8) is 0 Å². The van der Waals surface area contributed by atoms with Crippen molar-refractivity contribution in [2.45, 2.75) is 103 Å². The van der Waals surface area contributed by atoms with Gasteiger partial charge in [0.2, 0.25) is 17.7 Å². The Morgan fingerprint density at radius 2 is 1.80 bits per heavy atom. The number of nitrogens with zero attached hydrogens (tertiary/aromatic N) is 10. The minimum absolute atomic E-state index is 0.0130. The molecule has 2 N–H and O–H groups in total. The van der Waals surface area contributed by atoms with Gasteiger partial charge < -0.3 is 48.8 Å². The van der Waals surface area contributed by atoms with E-state index in [-0.39, 0.29) is 80.4 Å². The van der Waals surface area contributed by atoms with Crippen molar-refractivity contribution in [1.29, 1.82) is 5.26 Å². The van der Waals surface area contributed by atoms with Gasteiger partial charge in [-0.1, -0.05) is 74.1 Å². The van der Waals surface area contributed by atoms with E-state index in [1.54, 1.807) is 17.9 Å². The second-order valence-electron chi connectivity index (χ2n) is 21.4. The van der Waals surface area contributed by atoms with E-state index in [9.17, 15) is 24.8 Å². The minimum Gasteiger partial charge on any atom is -0.491 e. The highest BCUT2D eigenvalue weighted by atomic mass is 32.1. The van der Waals surface area contributed by atoms with Gasteiger partial charge >= 0.3 is 6.01 Å². The molecule has 414 valence electrons. The van der Waals surface area contributed by atoms with Crippen LogP contribution in [0.15, 0.2) is 89.4 Å². The second kappa shape index (κ2) is 24.3. The first-order valence-electron chi connectivity index (χ1n) is 27.2. The summed E-state index contributed by atoms with van der Waals surface area (Å²) in [6.45, 7) is 15.8. The van der Waals surface area contributed by atoms with Crippen LogP contribution in [0.1, 0.15) is 73.0 Å². The van der Waals surface area contributed by atoms with Crippen molar-refractivity contribution < 1.29 is 38.2 Å². The van der Waals surface area contributed by atoms with Gasteiger partial charge in [-0.25, -0.2) is 4.98 Å². The predicted octanol–water partition coefficient (Wildman–Crippen LogP) is 6.60. The Hall–Kier alpha value is -7.44. The number of aliphatic hydroxyl groups excluding tert-OH is 1. The molecular weight excluding hydrogens is 1020 g/mol. The number of rotatable bonds is 19. The molecule has 79 heavy (non-hydrogen) atoms. The van der Waals surface area contributed by atoms with Crippen molar-refractivity contribution in [3.8, 4) is 28.3 Å². The van der Waals surface area contributed by atoms with E-state index in [0.29, 0.717) is 76.0 Å². The van der Waals surface area contributed by atoms with Gasteiger partial charge in [0, 0.05) is 86.5 Å². The molecule has 6 atom stereocenters. The average molecular weight is 1090 g/mol. The van der Waals surface area contributed by atoms with Crippen LogP contribution in [0.5, 0.6) is 11.8 Å². The van der Waals surface area contributed by atoms with E-state index in [0.717, 1.165) is 51.0 Å². The first kappa shape index (κ1) is 54.9. The molecule has 0 bridgehead atoms. The third kappa shape index (κ3) is 12.1. The number of carbonyl (C=O) groups excluding carboxylic acids is 3. The van der Waals surface area contributed by atoms with Crippen LogP contribution in [0, 0.1) is 31.1 Å². The molecule has 0 saturated carbocycles. The van der Waals surface area contributed by atoms with E-state index in [1.807, 2.05) is 44.5 Å². The van der Waals surface area contributed by atoms with Gasteiger partial charge in [0.25, 0.3) is 0 Å². The van der Waals surface area contributed by atoms with Gasteiger partial charge in [-0.3, -0.25) is 19.3 Å². The van der Waals surface area contributed by atoms with Crippen LogP contribution in [0.4, 0.5) is 11.5 Å². The molecule has 3 aromatic heterocycles. The van der Waals surface area contributed by atoms with Crippen LogP contribution in [0.2, 0.25) is 0 Å². The van der Waals surface area contributed by atoms with E-state index < -0.39 is 18.1 Å². The molecule has 2 unspecified atom stereocenters. The van der Waals surface area contributed by atoms with Crippen LogP contribution in [0.25, 0.3) is 21.2 Å². The quantitative estimate of drug-likeness (QED) is 0.0645. The highest BCUT2D eigenvalue weighted by molar-refractivity contribution is 7.13. The number of likely N-dealkylation sites (N-methyl/N-ethyl adjacent to an activating group) is 1. The Balaban J connectivity index is 0.790. The molecule has 3 amide bonds. The van der Waals surface area contributed by atoms with Crippen LogP contribution in [-0.2, 0) is 38.6 Å². The summed E-state index contributed by atoms with van der Waals surface area (Å²) in [6, 6.07) is 23.8. The number of hydrogen-bond donors (Lipinski definition) is 2. The molecule has 3 saturated heterocycles. The van der Waals surface area contributed by atoms with Crippen molar-refractivity contribution >= 4 is 51.3 Å². The molecule has 0 spiro atoms. The molecular formula is C59H69N11O8S. The number of β-amino-alcohol motifs (C(OH)–C–C–N with tert-alkyl or cyclic N) is 1. The summed E-state index contributed by atoms with van der Waals surface area (Å²) < 4.78 is 25.0. The van der Waals surface area contributed by atoms with E-state index in [2.05, 4.69) is 92.3 Å². The number of nitrogens with one attached hydrogen (secondary N) is 1. The van der Waals surface area contributed by atoms with Gasteiger partial charge in [-0.15, -0.1) is 11.3 Å². The topological polar surface area (TPSA) is 216 Å². The van der Waals surface area contributed by atoms with Crippen molar-refractivity contribution in [2.24, 2.45) is 5.92 Å². The standard InChI is InChI=1S/C59H69N11O8S/c1-7-53(72)69-22-21-68(30-42(69)17-19-60)56-47-18-20-67(49-14-10-12-39-11-8-9-13-46(39)49)33-48(47)63-59(64-56)77-34-43-27-45(32-66(43)6)75-23-24-76-51-26-40(55-38(5)62-35-79-55)15-16-41(51)29-61-57(73)50-28-44(71)31-70(50)58(74)54(36(2)3)52-25-37(4)65-78-52/h7-16,25-26,35-36,42-45,50,54,71H,1,17-18,20-24,27-34H2,2-6H3,(H,61,73)/t42-,43-,44?,45+,50?,54+/m0/s1. The predicted molar refractivity (Wildman–Crippen MR) is 300 cm³/mol. The smallest absolute Gasteiger partial charge is 0.318 e. The third-order valence-electron chi connectivity index (χ3n) is 15.7. The SMILES string of the molecule is C=CC(=O)N1CCN(c2nc(OC[C@@H]3C[C@@H](OCCOc4cc(-c5scnc5C)ccc4CNC(=O)C4CC(O)CN4C(=O)[C@@H](c4cc(C)no4)C(C)C)CN3C)nc3c2CCN(c2cccc4ccccc24)C3)C[C@@H]1CC#N. The van der Waals surface area contributed by atoms with E-state index in [1.165, 1.54) is 33.1 Å². The van der Waals surface area contributed by atoms with Crippen LogP contribution in [0.3, 0.4) is 0 Å². The number of thiazole rings is 1.